The second kappa shape index (κ2) is 4.86. The van der Waals surface area contributed by atoms with Crippen molar-refractivity contribution in [2.45, 2.75) is 64.1 Å². The van der Waals surface area contributed by atoms with Crippen molar-refractivity contribution in [1.29, 1.82) is 0 Å². The molecule has 7 heteroatoms. The molecule has 6 nitrogen and oxygen atoms in total. The zero-order chi connectivity index (χ0) is 14.3. The number of aromatic nitrogens is 3. The van der Waals surface area contributed by atoms with Crippen molar-refractivity contribution in [3.63, 3.8) is 0 Å². The molecule has 0 radical (unpaired) electrons. The highest BCUT2D eigenvalue weighted by molar-refractivity contribution is 7.89. The predicted molar refractivity (Wildman–Crippen MR) is 72.1 cm³/mol. The van der Waals surface area contributed by atoms with Gasteiger partial charge in [0.25, 0.3) is 15.2 Å². The molecule has 0 saturated heterocycles. The summed E-state index contributed by atoms with van der Waals surface area (Å²) in [4.78, 5) is 0. The first-order chi connectivity index (χ1) is 8.77. The zero-order valence-corrected chi connectivity index (χ0v) is 12.6. The second-order valence-electron chi connectivity index (χ2n) is 5.92. The van der Waals surface area contributed by atoms with Gasteiger partial charge in [0.1, 0.15) is 5.82 Å². The standard InChI is InChI=1S/C12H22N4O2S/c1-4-16-10(14-15-11(16)19(13,17)18)9-7-5-6-8-12(9,2)3/h9H,4-8H2,1-3H3,(H2,13,17,18). The summed E-state index contributed by atoms with van der Waals surface area (Å²) < 4.78 is 24.7. The summed E-state index contributed by atoms with van der Waals surface area (Å²) in [7, 11) is -3.81. The lowest BCUT2D eigenvalue weighted by molar-refractivity contribution is 0.188. The summed E-state index contributed by atoms with van der Waals surface area (Å²) >= 11 is 0. The van der Waals surface area contributed by atoms with Crippen molar-refractivity contribution < 1.29 is 8.42 Å². The first kappa shape index (κ1) is 14.5. The third-order valence-electron chi connectivity index (χ3n) is 4.14. The average molecular weight is 286 g/mol. The Labute approximate surface area is 114 Å². The van der Waals surface area contributed by atoms with Crippen LogP contribution in [-0.2, 0) is 16.6 Å². The number of nitrogens with two attached hydrogens (primary N) is 1. The first-order valence-corrected chi connectivity index (χ1v) is 8.28. The molecule has 1 unspecified atom stereocenters. The van der Waals surface area contributed by atoms with Crippen LogP contribution in [0.5, 0.6) is 0 Å². The number of primary sulfonamides is 1. The highest BCUT2D eigenvalue weighted by atomic mass is 32.2. The third-order valence-corrected chi connectivity index (χ3v) is 4.95. The molecule has 0 amide bonds. The van der Waals surface area contributed by atoms with Crippen LogP contribution in [0.4, 0.5) is 0 Å². The fraction of sp³-hybridized carbons (Fsp3) is 0.833. The number of rotatable bonds is 3. The maximum Gasteiger partial charge on any atom is 0.273 e. The molecule has 1 aliphatic rings. The molecule has 1 aliphatic carbocycles. The molecule has 1 atom stereocenters. The Hall–Kier alpha value is -0.950. The van der Waals surface area contributed by atoms with E-state index in [1.165, 1.54) is 6.42 Å². The molecular formula is C12H22N4O2S. The van der Waals surface area contributed by atoms with Gasteiger partial charge < -0.3 is 4.57 Å². The molecule has 1 fully saturated rings. The Kier molecular flexibility index (Phi) is 3.70. The zero-order valence-electron chi connectivity index (χ0n) is 11.8. The third kappa shape index (κ3) is 2.67. The summed E-state index contributed by atoms with van der Waals surface area (Å²) in [6.45, 7) is 6.82. The van der Waals surface area contributed by atoms with Crippen LogP contribution in [0.25, 0.3) is 0 Å². The van der Waals surface area contributed by atoms with Crippen LogP contribution in [0.3, 0.4) is 0 Å². The molecule has 1 heterocycles. The fourth-order valence-corrected chi connectivity index (χ4v) is 3.72. The minimum Gasteiger partial charge on any atom is -0.301 e. The Morgan fingerprint density at radius 1 is 1.37 bits per heavy atom. The first-order valence-electron chi connectivity index (χ1n) is 6.73. The molecule has 19 heavy (non-hydrogen) atoms. The fourth-order valence-electron chi connectivity index (χ4n) is 3.04. The van der Waals surface area contributed by atoms with Gasteiger partial charge in [0.15, 0.2) is 0 Å². The monoisotopic (exact) mass is 286 g/mol. The van der Waals surface area contributed by atoms with Gasteiger partial charge in [-0.05, 0) is 25.2 Å². The van der Waals surface area contributed by atoms with Crippen molar-refractivity contribution in [1.82, 2.24) is 14.8 Å². The molecule has 1 saturated carbocycles. The van der Waals surface area contributed by atoms with Gasteiger partial charge in [-0.1, -0.05) is 26.7 Å². The van der Waals surface area contributed by atoms with E-state index in [-0.39, 0.29) is 16.5 Å². The Balaban J connectivity index is 2.48. The maximum atomic E-state index is 11.5. The van der Waals surface area contributed by atoms with Gasteiger partial charge in [0.05, 0.1) is 0 Å². The van der Waals surface area contributed by atoms with Gasteiger partial charge in [-0.25, -0.2) is 13.6 Å². The summed E-state index contributed by atoms with van der Waals surface area (Å²) in [5.41, 5.74) is 0.119. The minimum atomic E-state index is -3.81. The SMILES string of the molecule is CCn1c(C2CCCCC2(C)C)nnc1S(N)(=O)=O. The lowest BCUT2D eigenvalue weighted by atomic mass is 9.68. The minimum absolute atomic E-state index is 0.119. The molecule has 108 valence electrons. The lowest BCUT2D eigenvalue weighted by Crippen LogP contribution is -2.29. The molecular weight excluding hydrogens is 264 g/mol. The summed E-state index contributed by atoms with van der Waals surface area (Å²) in [5, 5.41) is 13.0. The van der Waals surface area contributed by atoms with Crippen molar-refractivity contribution in [2.24, 2.45) is 10.6 Å². The van der Waals surface area contributed by atoms with Gasteiger partial charge in [0.2, 0.25) is 0 Å². The smallest absolute Gasteiger partial charge is 0.273 e. The van der Waals surface area contributed by atoms with Gasteiger partial charge >= 0.3 is 0 Å². The summed E-state index contributed by atoms with van der Waals surface area (Å²) in [6.07, 6.45) is 4.51. The van der Waals surface area contributed by atoms with Crippen LogP contribution in [-0.4, -0.2) is 23.2 Å². The molecule has 0 spiro atoms. The van der Waals surface area contributed by atoms with Gasteiger partial charge in [-0.15, -0.1) is 10.2 Å². The Morgan fingerprint density at radius 3 is 2.58 bits per heavy atom. The van der Waals surface area contributed by atoms with Gasteiger partial charge in [0, 0.05) is 12.5 Å². The molecule has 0 aromatic carbocycles. The molecule has 0 bridgehead atoms. The molecule has 1 aromatic heterocycles. The van der Waals surface area contributed by atoms with Crippen LogP contribution < -0.4 is 5.14 Å². The van der Waals surface area contributed by atoms with Gasteiger partial charge in [-0.3, -0.25) is 0 Å². The average Bonchev–Trinajstić information content (AvgIpc) is 2.71. The number of hydrogen-bond donors (Lipinski definition) is 1. The molecule has 1 aromatic rings. The highest BCUT2D eigenvalue weighted by Crippen LogP contribution is 2.46. The maximum absolute atomic E-state index is 11.5. The topological polar surface area (TPSA) is 90.9 Å². The van der Waals surface area contributed by atoms with E-state index >= 15 is 0 Å². The Morgan fingerprint density at radius 2 is 2.05 bits per heavy atom. The van der Waals surface area contributed by atoms with Crippen LogP contribution >= 0.6 is 0 Å². The van der Waals surface area contributed by atoms with Crippen LogP contribution in [0.1, 0.15) is 58.2 Å². The molecule has 2 rings (SSSR count). The van der Waals surface area contributed by atoms with Crippen LogP contribution in [0.15, 0.2) is 5.16 Å². The number of nitrogens with zero attached hydrogens (tertiary/aromatic N) is 3. The van der Waals surface area contributed by atoms with Crippen molar-refractivity contribution in [2.75, 3.05) is 0 Å². The molecule has 2 N–H and O–H groups in total. The number of sulfonamides is 1. The van der Waals surface area contributed by atoms with E-state index in [2.05, 4.69) is 24.0 Å². The normalized spacial score (nSPS) is 23.5. The molecule has 0 aliphatic heterocycles. The summed E-state index contributed by atoms with van der Waals surface area (Å²) in [6, 6.07) is 0. The van der Waals surface area contributed by atoms with Crippen LogP contribution in [0, 0.1) is 5.41 Å². The van der Waals surface area contributed by atoms with Crippen LogP contribution in [0.2, 0.25) is 0 Å². The predicted octanol–water partition coefficient (Wildman–Crippen LogP) is 1.63. The van der Waals surface area contributed by atoms with E-state index in [9.17, 15) is 8.42 Å². The second-order valence-corrected chi connectivity index (χ2v) is 7.37. The van der Waals surface area contributed by atoms with E-state index in [1.807, 2.05) is 6.92 Å². The number of hydrogen-bond acceptors (Lipinski definition) is 4. The quantitative estimate of drug-likeness (QED) is 0.914. The van der Waals surface area contributed by atoms with E-state index in [1.54, 1.807) is 4.57 Å². The lowest BCUT2D eigenvalue weighted by Gasteiger charge is -2.38. The summed E-state index contributed by atoms with van der Waals surface area (Å²) in [5.74, 6) is 1.00. The van der Waals surface area contributed by atoms with Gasteiger partial charge in [-0.2, -0.15) is 0 Å². The Bertz CT molecular complexity index is 562. The largest absolute Gasteiger partial charge is 0.301 e. The van der Waals surface area contributed by atoms with Crippen molar-refractivity contribution in [3.8, 4) is 0 Å². The highest BCUT2D eigenvalue weighted by Gasteiger charge is 2.37. The van der Waals surface area contributed by atoms with E-state index in [0.29, 0.717) is 6.54 Å². The van der Waals surface area contributed by atoms with Crippen molar-refractivity contribution in [3.05, 3.63) is 5.82 Å². The van der Waals surface area contributed by atoms with Crippen molar-refractivity contribution >= 4 is 10.0 Å². The van der Waals surface area contributed by atoms with E-state index < -0.39 is 10.0 Å². The van der Waals surface area contributed by atoms with E-state index in [4.69, 9.17) is 5.14 Å². The van der Waals surface area contributed by atoms with E-state index in [0.717, 1.165) is 25.1 Å².